The van der Waals surface area contributed by atoms with E-state index in [0.717, 1.165) is 18.2 Å². The summed E-state index contributed by atoms with van der Waals surface area (Å²) in [5, 5.41) is 12.5. The SMILES string of the molecule is CNc1ccc(C(=O)Nc2cc(F)cc(F)c2)nn1. The van der Waals surface area contributed by atoms with Gasteiger partial charge in [-0.3, -0.25) is 4.79 Å². The van der Waals surface area contributed by atoms with Gasteiger partial charge in [0.05, 0.1) is 0 Å². The average Bonchev–Trinajstić information content (AvgIpc) is 2.37. The quantitative estimate of drug-likeness (QED) is 0.890. The Labute approximate surface area is 107 Å². The fourth-order valence-electron chi connectivity index (χ4n) is 1.41. The molecule has 1 aromatic heterocycles. The second-order valence-corrected chi connectivity index (χ2v) is 3.67. The lowest BCUT2D eigenvalue weighted by Gasteiger charge is -2.05. The molecule has 0 atom stereocenters. The molecule has 0 unspecified atom stereocenters. The first-order valence-electron chi connectivity index (χ1n) is 5.37. The molecule has 7 heteroatoms. The molecule has 2 N–H and O–H groups in total. The minimum atomic E-state index is -0.771. The Morgan fingerprint density at radius 1 is 1.11 bits per heavy atom. The number of anilines is 2. The largest absolute Gasteiger partial charge is 0.372 e. The molecule has 5 nitrogen and oxygen atoms in total. The van der Waals surface area contributed by atoms with E-state index < -0.39 is 17.5 Å². The summed E-state index contributed by atoms with van der Waals surface area (Å²) in [6.45, 7) is 0. The number of halogens is 2. The van der Waals surface area contributed by atoms with Crippen molar-refractivity contribution in [3.05, 3.63) is 47.7 Å². The number of hydrogen-bond acceptors (Lipinski definition) is 4. The molecule has 0 fully saturated rings. The van der Waals surface area contributed by atoms with E-state index in [9.17, 15) is 13.6 Å². The van der Waals surface area contributed by atoms with Gasteiger partial charge in [-0.15, -0.1) is 10.2 Å². The fraction of sp³-hybridized carbons (Fsp3) is 0.0833. The van der Waals surface area contributed by atoms with Crippen molar-refractivity contribution in [2.75, 3.05) is 17.7 Å². The highest BCUT2D eigenvalue weighted by Crippen LogP contribution is 2.13. The molecule has 0 spiro atoms. The van der Waals surface area contributed by atoms with E-state index in [1.807, 2.05) is 0 Å². The summed E-state index contributed by atoms with van der Waals surface area (Å²) < 4.78 is 25.9. The third-order valence-corrected chi connectivity index (χ3v) is 2.27. The number of benzene rings is 1. The molecule has 1 aromatic carbocycles. The summed E-state index contributed by atoms with van der Waals surface area (Å²) in [6.07, 6.45) is 0. The molecular weight excluding hydrogens is 254 g/mol. The molecule has 0 aliphatic rings. The molecule has 0 bridgehead atoms. The van der Waals surface area contributed by atoms with Crippen molar-refractivity contribution in [2.24, 2.45) is 0 Å². The maximum Gasteiger partial charge on any atom is 0.276 e. The molecule has 1 amide bonds. The summed E-state index contributed by atoms with van der Waals surface area (Å²) in [5.74, 6) is -1.63. The number of carbonyl (C=O) groups is 1. The highest BCUT2D eigenvalue weighted by atomic mass is 19.1. The molecule has 98 valence electrons. The van der Waals surface area contributed by atoms with Crippen LogP contribution in [0, 0.1) is 11.6 Å². The zero-order valence-electron chi connectivity index (χ0n) is 9.95. The highest BCUT2D eigenvalue weighted by molar-refractivity contribution is 6.02. The molecule has 0 radical (unpaired) electrons. The van der Waals surface area contributed by atoms with Crippen molar-refractivity contribution in [3.8, 4) is 0 Å². The van der Waals surface area contributed by atoms with Gasteiger partial charge in [0.2, 0.25) is 0 Å². The second-order valence-electron chi connectivity index (χ2n) is 3.67. The maximum atomic E-state index is 13.0. The van der Waals surface area contributed by atoms with E-state index in [0.29, 0.717) is 5.82 Å². The van der Waals surface area contributed by atoms with Crippen molar-refractivity contribution in [3.63, 3.8) is 0 Å². The highest BCUT2D eigenvalue weighted by Gasteiger charge is 2.10. The predicted molar refractivity (Wildman–Crippen MR) is 65.9 cm³/mol. The monoisotopic (exact) mass is 264 g/mol. The molecule has 1 heterocycles. The minimum absolute atomic E-state index is 0.0157. The maximum absolute atomic E-state index is 13.0. The van der Waals surface area contributed by atoms with Gasteiger partial charge in [-0.2, -0.15) is 0 Å². The van der Waals surface area contributed by atoms with Gasteiger partial charge in [0, 0.05) is 18.8 Å². The van der Waals surface area contributed by atoms with Crippen LogP contribution in [-0.4, -0.2) is 23.2 Å². The summed E-state index contributed by atoms with van der Waals surface area (Å²) in [7, 11) is 1.67. The normalized spacial score (nSPS) is 10.1. The van der Waals surface area contributed by atoms with Crippen LogP contribution in [0.5, 0.6) is 0 Å². The zero-order valence-corrected chi connectivity index (χ0v) is 9.95. The van der Waals surface area contributed by atoms with Gasteiger partial charge in [0.15, 0.2) is 5.69 Å². The number of nitrogens with one attached hydrogen (secondary N) is 2. The number of carbonyl (C=O) groups excluding carboxylic acids is 1. The lowest BCUT2D eigenvalue weighted by molar-refractivity contribution is 0.102. The lowest BCUT2D eigenvalue weighted by atomic mass is 10.3. The van der Waals surface area contributed by atoms with Crippen LogP contribution in [0.25, 0.3) is 0 Å². The molecule has 0 saturated heterocycles. The van der Waals surface area contributed by atoms with Gasteiger partial charge in [-0.05, 0) is 24.3 Å². The smallest absolute Gasteiger partial charge is 0.276 e. The van der Waals surface area contributed by atoms with Gasteiger partial charge in [0.1, 0.15) is 17.5 Å². The molecule has 0 aliphatic heterocycles. The van der Waals surface area contributed by atoms with Crippen LogP contribution in [0.2, 0.25) is 0 Å². The Morgan fingerprint density at radius 2 is 1.79 bits per heavy atom. The Kier molecular flexibility index (Phi) is 3.65. The first kappa shape index (κ1) is 12.9. The summed E-state index contributed by atoms with van der Waals surface area (Å²) in [6, 6.07) is 5.75. The van der Waals surface area contributed by atoms with Crippen LogP contribution in [0.3, 0.4) is 0 Å². The predicted octanol–water partition coefficient (Wildman–Crippen LogP) is 2.05. The second kappa shape index (κ2) is 5.38. The van der Waals surface area contributed by atoms with E-state index in [4.69, 9.17) is 0 Å². The molecular formula is C12H10F2N4O. The number of nitrogens with zero attached hydrogens (tertiary/aromatic N) is 2. The van der Waals surface area contributed by atoms with Gasteiger partial charge in [-0.1, -0.05) is 0 Å². The van der Waals surface area contributed by atoms with Crippen molar-refractivity contribution in [1.29, 1.82) is 0 Å². The van der Waals surface area contributed by atoms with E-state index >= 15 is 0 Å². The molecule has 0 aliphatic carbocycles. The zero-order chi connectivity index (χ0) is 13.8. The fourth-order valence-corrected chi connectivity index (χ4v) is 1.41. The van der Waals surface area contributed by atoms with E-state index in [-0.39, 0.29) is 11.4 Å². The third-order valence-electron chi connectivity index (χ3n) is 2.27. The van der Waals surface area contributed by atoms with Gasteiger partial charge >= 0.3 is 0 Å². The average molecular weight is 264 g/mol. The van der Waals surface area contributed by atoms with Crippen LogP contribution in [-0.2, 0) is 0 Å². The van der Waals surface area contributed by atoms with E-state index in [1.165, 1.54) is 6.07 Å². The van der Waals surface area contributed by atoms with Crippen molar-refractivity contribution in [1.82, 2.24) is 10.2 Å². The topological polar surface area (TPSA) is 66.9 Å². The summed E-state index contributed by atoms with van der Waals surface area (Å²) in [4.78, 5) is 11.8. The van der Waals surface area contributed by atoms with Crippen LogP contribution in [0.4, 0.5) is 20.3 Å². The number of hydrogen-bond donors (Lipinski definition) is 2. The molecule has 2 rings (SSSR count). The van der Waals surface area contributed by atoms with Crippen LogP contribution in [0.15, 0.2) is 30.3 Å². The molecule has 19 heavy (non-hydrogen) atoms. The standard InChI is InChI=1S/C12H10F2N4O/c1-15-11-3-2-10(17-18-11)12(19)16-9-5-7(13)4-8(14)6-9/h2-6H,1H3,(H,15,18)(H,16,19). The lowest BCUT2D eigenvalue weighted by Crippen LogP contribution is -2.14. The van der Waals surface area contributed by atoms with Crippen LogP contribution >= 0.6 is 0 Å². The van der Waals surface area contributed by atoms with E-state index in [2.05, 4.69) is 20.8 Å². The number of amides is 1. The van der Waals surface area contributed by atoms with Gasteiger partial charge < -0.3 is 10.6 Å². The Bertz CT molecular complexity index is 581. The summed E-state index contributed by atoms with van der Waals surface area (Å²) in [5.41, 5.74) is 0.0608. The Balaban J connectivity index is 2.15. The van der Waals surface area contributed by atoms with Gasteiger partial charge in [0.25, 0.3) is 5.91 Å². The Hall–Kier alpha value is -2.57. The third kappa shape index (κ3) is 3.21. The minimum Gasteiger partial charge on any atom is -0.372 e. The van der Waals surface area contributed by atoms with Crippen molar-refractivity contribution in [2.45, 2.75) is 0 Å². The van der Waals surface area contributed by atoms with Gasteiger partial charge in [-0.25, -0.2) is 8.78 Å². The van der Waals surface area contributed by atoms with Crippen LogP contribution < -0.4 is 10.6 Å². The van der Waals surface area contributed by atoms with E-state index in [1.54, 1.807) is 13.1 Å². The van der Waals surface area contributed by atoms with Crippen molar-refractivity contribution < 1.29 is 13.6 Å². The Morgan fingerprint density at radius 3 is 2.32 bits per heavy atom. The first-order chi connectivity index (χ1) is 9.08. The number of rotatable bonds is 3. The van der Waals surface area contributed by atoms with Crippen LogP contribution in [0.1, 0.15) is 10.5 Å². The molecule has 2 aromatic rings. The summed E-state index contributed by atoms with van der Waals surface area (Å²) >= 11 is 0. The van der Waals surface area contributed by atoms with Crippen molar-refractivity contribution >= 4 is 17.4 Å². The molecule has 0 saturated carbocycles. The number of aromatic nitrogens is 2. The first-order valence-corrected chi connectivity index (χ1v) is 5.37.